The maximum Gasteiger partial charge on any atom is 0.263 e. The molecule has 0 aliphatic carbocycles. The number of benzene rings is 2. The Morgan fingerprint density at radius 2 is 1.06 bits per heavy atom. The summed E-state index contributed by atoms with van der Waals surface area (Å²) >= 11 is 0. The van der Waals surface area contributed by atoms with E-state index in [1.165, 1.54) is 25.8 Å². The zero-order valence-electron chi connectivity index (χ0n) is 28.9. The highest BCUT2D eigenvalue weighted by Crippen LogP contribution is 2.33. The summed E-state index contributed by atoms with van der Waals surface area (Å²) in [5.74, 6) is 1.39. The van der Waals surface area contributed by atoms with Crippen LogP contribution in [0.4, 0.5) is 0 Å². The van der Waals surface area contributed by atoms with Crippen molar-refractivity contribution >= 4 is 20.0 Å². The topological polar surface area (TPSA) is 199 Å². The van der Waals surface area contributed by atoms with Gasteiger partial charge < -0.3 is 19.7 Å². The van der Waals surface area contributed by atoms with Crippen molar-refractivity contribution < 1.29 is 36.5 Å². The van der Waals surface area contributed by atoms with Gasteiger partial charge >= 0.3 is 0 Å². The highest BCUT2D eigenvalue weighted by molar-refractivity contribution is 7.89. The monoisotopic (exact) mass is 732 g/mol. The Kier molecular flexibility index (Phi) is 10.5. The molecule has 0 radical (unpaired) electrons. The fraction of sp³-hybridized carbons (Fsp3) is 0.438. The Balaban J connectivity index is 0.000000253. The molecular formula is C32H44N8O8S2. The number of hydrogen-bond acceptors (Lipinski definition) is 12. The van der Waals surface area contributed by atoms with Crippen LogP contribution in [0.3, 0.4) is 0 Å². The van der Waals surface area contributed by atoms with E-state index >= 15 is 0 Å². The van der Waals surface area contributed by atoms with Gasteiger partial charge in [-0.2, -0.15) is 14.5 Å². The van der Waals surface area contributed by atoms with E-state index < -0.39 is 31.2 Å². The standard InChI is InChI=1S/C24H30N4O5S.C8H14N4O3S/c1-26-16-24(29,17-26)22-13-23(25-27(22)2)34(30,31)28(14-18-5-9-20(32-3)10-6-18)15-19-7-11-21(33-4)12-8-19;1-11-4-8(13,5-11)6-3-7(10-12(6)2)16(9,14)15/h5-13,29H,14-17H2,1-4H3;3,13H,4-5H2,1-2H3,(H2,9,14,15). The summed E-state index contributed by atoms with van der Waals surface area (Å²) in [6, 6.07) is 17.4. The first-order valence-electron chi connectivity index (χ1n) is 15.6. The zero-order valence-corrected chi connectivity index (χ0v) is 30.5. The van der Waals surface area contributed by atoms with Crippen LogP contribution in [0, 0.1) is 0 Å². The van der Waals surface area contributed by atoms with Crippen molar-refractivity contribution in [2.75, 3.05) is 54.5 Å². The third-order valence-corrected chi connectivity index (χ3v) is 11.2. The van der Waals surface area contributed by atoms with E-state index in [1.807, 2.05) is 48.2 Å². The molecule has 0 bridgehead atoms. The van der Waals surface area contributed by atoms with Crippen LogP contribution < -0.4 is 14.6 Å². The van der Waals surface area contributed by atoms with Gasteiger partial charge in [-0.05, 0) is 49.5 Å². The summed E-state index contributed by atoms with van der Waals surface area (Å²) < 4.78 is 64.4. The molecule has 0 spiro atoms. The van der Waals surface area contributed by atoms with Gasteiger partial charge in [0.1, 0.15) is 22.7 Å². The number of aromatic nitrogens is 4. The molecule has 16 nitrogen and oxygen atoms in total. The van der Waals surface area contributed by atoms with E-state index in [-0.39, 0.29) is 23.1 Å². The number of hydrogen-bond donors (Lipinski definition) is 3. The van der Waals surface area contributed by atoms with Gasteiger partial charge in [0.2, 0.25) is 0 Å². The molecular weight excluding hydrogens is 689 g/mol. The lowest BCUT2D eigenvalue weighted by molar-refractivity contribution is -0.0974. The summed E-state index contributed by atoms with van der Waals surface area (Å²) in [7, 11) is 2.38. The van der Waals surface area contributed by atoms with Crippen LogP contribution in [-0.4, -0.2) is 115 Å². The second-order valence-corrected chi connectivity index (χ2v) is 16.3. The number of primary sulfonamides is 1. The number of aliphatic hydroxyl groups is 2. The second kappa shape index (κ2) is 14.0. The number of likely N-dealkylation sites (N-methyl/N-ethyl adjacent to an activating group) is 2. The average molecular weight is 733 g/mol. The van der Waals surface area contributed by atoms with Gasteiger partial charge in [-0.3, -0.25) is 19.2 Å². The number of sulfonamides is 2. The molecule has 18 heteroatoms. The molecule has 2 fully saturated rings. The minimum atomic E-state index is -3.97. The highest BCUT2D eigenvalue weighted by atomic mass is 32.2. The van der Waals surface area contributed by atoms with Gasteiger partial charge in [0.15, 0.2) is 10.1 Å². The molecule has 2 aliphatic rings. The van der Waals surface area contributed by atoms with Gasteiger partial charge in [0, 0.05) is 65.5 Å². The number of methoxy groups -OCH3 is 2. The average Bonchev–Trinajstić information content (AvgIpc) is 3.64. The maximum atomic E-state index is 13.8. The summed E-state index contributed by atoms with van der Waals surface area (Å²) in [4.78, 5) is 3.88. The first-order chi connectivity index (χ1) is 23.4. The van der Waals surface area contributed by atoms with Gasteiger partial charge in [-0.15, -0.1) is 0 Å². The maximum absolute atomic E-state index is 13.8. The van der Waals surface area contributed by atoms with E-state index in [1.54, 1.807) is 52.6 Å². The van der Waals surface area contributed by atoms with E-state index in [0.717, 1.165) is 11.1 Å². The summed E-state index contributed by atoms with van der Waals surface area (Å²) in [5, 5.41) is 33.8. The summed E-state index contributed by atoms with van der Waals surface area (Å²) in [6.07, 6.45) is 0. The Bertz CT molecular complexity index is 1970. The summed E-state index contributed by atoms with van der Waals surface area (Å²) in [6.45, 7) is 2.06. The number of aryl methyl sites for hydroxylation is 2. The predicted molar refractivity (Wildman–Crippen MR) is 183 cm³/mol. The molecule has 2 saturated heterocycles. The Morgan fingerprint density at radius 1 is 0.700 bits per heavy atom. The SMILES string of the molecule is CN1CC(O)(c2cc(S(N)(=O)=O)nn2C)C1.COc1ccc(CN(Cc2ccc(OC)cc2)S(=O)(=O)c2cc(C3(O)CN(C)C3)n(C)n2)cc1. The Labute approximate surface area is 292 Å². The van der Waals surface area contributed by atoms with E-state index in [2.05, 4.69) is 10.2 Å². The first-order valence-corrected chi connectivity index (χ1v) is 18.6. The smallest absolute Gasteiger partial charge is 0.263 e. The van der Waals surface area contributed by atoms with Crippen molar-refractivity contribution in [3.8, 4) is 11.5 Å². The fourth-order valence-electron chi connectivity index (χ4n) is 6.26. The number of likely N-dealkylation sites (tertiary alicyclic amines) is 2. The van der Waals surface area contributed by atoms with Crippen molar-refractivity contribution in [1.82, 2.24) is 33.7 Å². The largest absolute Gasteiger partial charge is 0.497 e. The molecule has 2 aromatic heterocycles. The quantitative estimate of drug-likeness (QED) is 0.189. The lowest BCUT2D eigenvalue weighted by atomic mass is 9.91. The molecule has 272 valence electrons. The highest BCUT2D eigenvalue weighted by Gasteiger charge is 2.45. The van der Waals surface area contributed by atoms with Crippen LogP contribution >= 0.6 is 0 Å². The predicted octanol–water partition coefficient (Wildman–Crippen LogP) is 0.162. The molecule has 2 aliphatic heterocycles. The third kappa shape index (κ3) is 7.87. The summed E-state index contributed by atoms with van der Waals surface area (Å²) in [5.41, 5.74) is 0.440. The molecule has 4 aromatic rings. The van der Waals surface area contributed by atoms with Gasteiger partial charge in [0.25, 0.3) is 20.0 Å². The molecule has 0 amide bonds. The molecule has 4 N–H and O–H groups in total. The molecule has 0 saturated carbocycles. The van der Waals surface area contributed by atoms with E-state index in [0.29, 0.717) is 49.1 Å². The van der Waals surface area contributed by atoms with Crippen molar-refractivity contribution in [2.24, 2.45) is 19.2 Å². The normalized spacial score (nSPS) is 17.4. The molecule has 2 aromatic carbocycles. The van der Waals surface area contributed by atoms with E-state index in [9.17, 15) is 27.0 Å². The van der Waals surface area contributed by atoms with Crippen LogP contribution in [0.1, 0.15) is 22.5 Å². The van der Waals surface area contributed by atoms with Crippen LogP contribution in [-0.2, 0) is 58.4 Å². The molecule has 0 unspecified atom stereocenters. The molecule has 6 rings (SSSR count). The van der Waals surface area contributed by atoms with Crippen molar-refractivity contribution in [2.45, 2.75) is 34.3 Å². The van der Waals surface area contributed by atoms with E-state index in [4.69, 9.17) is 14.6 Å². The van der Waals surface area contributed by atoms with Crippen molar-refractivity contribution in [1.29, 1.82) is 0 Å². The number of nitrogens with two attached hydrogens (primary N) is 1. The van der Waals surface area contributed by atoms with Gasteiger partial charge in [-0.1, -0.05) is 24.3 Å². The minimum absolute atomic E-state index is 0.0880. The van der Waals surface area contributed by atoms with Crippen LogP contribution in [0.25, 0.3) is 0 Å². The Morgan fingerprint density at radius 3 is 1.38 bits per heavy atom. The van der Waals surface area contributed by atoms with Crippen LogP contribution in [0.2, 0.25) is 0 Å². The fourth-order valence-corrected chi connectivity index (χ4v) is 8.16. The molecule has 0 atom stereocenters. The number of β-amino-alcohol motifs (C(OH)–C–C–N with tert-alkyl or cyclic N) is 2. The van der Waals surface area contributed by atoms with Crippen LogP contribution in [0.15, 0.2) is 70.7 Å². The first kappa shape index (κ1) is 37.4. The van der Waals surface area contributed by atoms with Crippen molar-refractivity contribution in [3.63, 3.8) is 0 Å². The minimum Gasteiger partial charge on any atom is -0.497 e. The zero-order chi connectivity index (χ0) is 36.6. The number of ether oxygens (including phenoxy) is 2. The number of rotatable bonds is 11. The lowest BCUT2D eigenvalue weighted by Crippen LogP contribution is -2.58. The molecule has 4 heterocycles. The molecule has 50 heavy (non-hydrogen) atoms. The van der Waals surface area contributed by atoms with Gasteiger partial charge in [-0.25, -0.2) is 22.0 Å². The van der Waals surface area contributed by atoms with Gasteiger partial charge in [0.05, 0.1) is 25.6 Å². The lowest BCUT2D eigenvalue weighted by Gasteiger charge is -2.44. The van der Waals surface area contributed by atoms with Crippen molar-refractivity contribution in [3.05, 3.63) is 83.2 Å². The second-order valence-electron chi connectivity index (χ2n) is 12.9. The number of nitrogens with zero attached hydrogens (tertiary/aromatic N) is 7. The van der Waals surface area contributed by atoms with Crippen LogP contribution in [0.5, 0.6) is 11.5 Å². The third-order valence-electron chi connectivity index (χ3n) is 8.73. The Hall–Kier alpha value is -3.88.